The molecule has 3 aliphatic rings. The highest BCUT2D eigenvalue weighted by molar-refractivity contribution is 5.90. The minimum Gasteiger partial charge on any atom is -0.550 e. The molecule has 7 nitrogen and oxygen atoms in total. The molecule has 1 aromatic carbocycles. The van der Waals surface area contributed by atoms with Crippen LogP contribution in [0.5, 0.6) is 11.5 Å². The van der Waals surface area contributed by atoms with E-state index in [4.69, 9.17) is 14.2 Å². The monoisotopic (exact) mass is 358 g/mol. The molecule has 1 aromatic rings. The van der Waals surface area contributed by atoms with Crippen molar-refractivity contribution in [2.75, 3.05) is 27.3 Å². The van der Waals surface area contributed by atoms with Crippen LogP contribution in [-0.4, -0.2) is 55.8 Å². The summed E-state index contributed by atoms with van der Waals surface area (Å²) >= 11 is 0. The third-order valence-electron chi connectivity index (χ3n) is 5.57. The summed E-state index contributed by atoms with van der Waals surface area (Å²) in [4.78, 5) is 26.0. The van der Waals surface area contributed by atoms with E-state index >= 15 is 0 Å². The van der Waals surface area contributed by atoms with Crippen molar-refractivity contribution in [1.29, 1.82) is 0 Å². The molecule has 3 heterocycles. The lowest BCUT2D eigenvalue weighted by molar-refractivity contribution is -0.313. The Bertz CT molecular complexity index is 790. The van der Waals surface area contributed by atoms with Crippen LogP contribution in [-0.2, 0) is 20.7 Å². The maximum absolute atomic E-state index is 12.8. The molecular formula is C19H20NO6-. The molecule has 0 aromatic heterocycles. The van der Waals surface area contributed by atoms with Gasteiger partial charge in [-0.3, -0.25) is 4.79 Å². The third-order valence-corrected chi connectivity index (χ3v) is 5.57. The van der Waals surface area contributed by atoms with Crippen LogP contribution in [0.3, 0.4) is 0 Å². The maximum Gasteiger partial charge on any atom is 0.229 e. The van der Waals surface area contributed by atoms with Crippen molar-refractivity contribution in [3.8, 4) is 11.5 Å². The van der Waals surface area contributed by atoms with Crippen molar-refractivity contribution in [1.82, 2.24) is 4.90 Å². The average Bonchev–Trinajstić information content (AvgIpc) is 3.27. The van der Waals surface area contributed by atoms with E-state index in [1.807, 2.05) is 24.3 Å². The van der Waals surface area contributed by atoms with Crippen LogP contribution in [0.25, 0.3) is 0 Å². The molecule has 2 fully saturated rings. The molecule has 7 heteroatoms. The number of hydrogen-bond acceptors (Lipinski definition) is 6. The van der Waals surface area contributed by atoms with E-state index in [-0.39, 0.29) is 5.91 Å². The Hall–Kier alpha value is -2.54. The number of carboxylic acid groups (broad SMARTS) is 1. The predicted octanol–water partition coefficient (Wildman–Crippen LogP) is -0.222. The van der Waals surface area contributed by atoms with Gasteiger partial charge in [0.25, 0.3) is 0 Å². The Balaban J connectivity index is 1.48. The van der Waals surface area contributed by atoms with Gasteiger partial charge in [0.05, 0.1) is 32.8 Å². The number of aliphatic carboxylic acids is 1. The lowest BCUT2D eigenvalue weighted by Gasteiger charge is -2.24. The molecule has 1 amide bonds. The van der Waals surface area contributed by atoms with Gasteiger partial charge in [-0.1, -0.05) is 18.2 Å². The van der Waals surface area contributed by atoms with E-state index in [9.17, 15) is 14.7 Å². The fourth-order valence-electron chi connectivity index (χ4n) is 4.34. The summed E-state index contributed by atoms with van der Waals surface area (Å²) in [6.45, 7) is 0.856. The second kappa shape index (κ2) is 6.02. The number of likely N-dealkylation sites (tertiary alicyclic amines) is 1. The smallest absolute Gasteiger partial charge is 0.229 e. The topological polar surface area (TPSA) is 88.1 Å². The summed E-state index contributed by atoms with van der Waals surface area (Å²) in [5, 5.41) is 11.5. The quantitative estimate of drug-likeness (QED) is 0.653. The molecule has 2 saturated heterocycles. The largest absolute Gasteiger partial charge is 0.550 e. The van der Waals surface area contributed by atoms with Crippen LogP contribution in [0, 0.1) is 11.8 Å². The van der Waals surface area contributed by atoms with Crippen LogP contribution in [0.2, 0.25) is 0 Å². The average molecular weight is 358 g/mol. The van der Waals surface area contributed by atoms with E-state index in [2.05, 4.69) is 0 Å². The standard InChI is InChI=1S/C19H21NO6/c1-24-12-4-3-11(9-14(12)25-2)6-8-20-10-19-7-5-13(26-19)15(18(22)23)16(19)17(20)21/h3-5,7,9,13,15-16H,6,8,10H2,1-2H3,(H,22,23)/p-1/t13-,15+,16-,19+/m0/s1. The van der Waals surface area contributed by atoms with Gasteiger partial charge in [0.15, 0.2) is 11.5 Å². The molecule has 2 bridgehead atoms. The molecule has 1 spiro atoms. The van der Waals surface area contributed by atoms with Gasteiger partial charge in [-0.15, -0.1) is 0 Å². The first kappa shape index (κ1) is 16.9. The molecule has 0 N–H and O–H groups in total. The zero-order chi connectivity index (χ0) is 18.5. The first-order chi connectivity index (χ1) is 12.5. The molecule has 0 unspecified atom stereocenters. The highest BCUT2D eigenvalue weighted by Gasteiger charge is 2.65. The van der Waals surface area contributed by atoms with Crippen LogP contribution < -0.4 is 14.6 Å². The van der Waals surface area contributed by atoms with E-state index in [1.54, 1.807) is 25.2 Å². The van der Waals surface area contributed by atoms with Crippen LogP contribution in [0.4, 0.5) is 0 Å². The highest BCUT2D eigenvalue weighted by Crippen LogP contribution is 2.51. The van der Waals surface area contributed by atoms with E-state index in [1.165, 1.54) is 0 Å². The first-order valence-corrected chi connectivity index (χ1v) is 8.57. The SMILES string of the molecule is COc1ccc(CCN2C[C@@]34C=C[C@H](O3)[C@@H](C(=O)[O-])[C@H]4C2=O)cc1OC. The van der Waals surface area contributed by atoms with Crippen molar-refractivity contribution in [3.05, 3.63) is 35.9 Å². The van der Waals surface area contributed by atoms with Crippen LogP contribution in [0.15, 0.2) is 30.4 Å². The predicted molar refractivity (Wildman–Crippen MR) is 88.6 cm³/mol. The van der Waals surface area contributed by atoms with Crippen LogP contribution in [0.1, 0.15) is 5.56 Å². The summed E-state index contributed by atoms with van der Waals surface area (Å²) < 4.78 is 16.4. The number of nitrogens with zero attached hydrogens (tertiary/aromatic N) is 1. The number of rotatable bonds is 6. The van der Waals surface area contributed by atoms with Crippen LogP contribution >= 0.6 is 0 Å². The van der Waals surface area contributed by atoms with E-state index in [0.717, 1.165) is 5.56 Å². The molecule has 0 radical (unpaired) electrons. The fourth-order valence-corrected chi connectivity index (χ4v) is 4.34. The maximum atomic E-state index is 12.8. The molecule has 3 aliphatic heterocycles. The molecule has 0 aliphatic carbocycles. The Morgan fingerprint density at radius 3 is 2.81 bits per heavy atom. The summed E-state index contributed by atoms with van der Waals surface area (Å²) in [5.41, 5.74) is 0.187. The van der Waals surface area contributed by atoms with E-state index < -0.39 is 29.5 Å². The van der Waals surface area contributed by atoms with Crippen molar-refractivity contribution >= 4 is 11.9 Å². The van der Waals surface area contributed by atoms with Gasteiger partial charge in [-0.05, 0) is 24.1 Å². The Morgan fingerprint density at radius 2 is 2.12 bits per heavy atom. The second-order valence-corrected chi connectivity index (χ2v) is 6.92. The number of carbonyl (C=O) groups is 2. The normalized spacial score (nSPS) is 31.4. The number of fused-ring (bicyclic) bond motifs is 1. The highest BCUT2D eigenvalue weighted by atomic mass is 16.5. The van der Waals surface area contributed by atoms with Gasteiger partial charge in [-0.25, -0.2) is 0 Å². The summed E-state index contributed by atoms with van der Waals surface area (Å²) in [7, 11) is 3.15. The zero-order valence-corrected chi connectivity index (χ0v) is 14.6. The van der Waals surface area contributed by atoms with Crippen molar-refractivity contribution in [3.63, 3.8) is 0 Å². The number of carbonyl (C=O) groups excluding carboxylic acids is 2. The zero-order valence-electron chi connectivity index (χ0n) is 14.6. The van der Waals surface area contributed by atoms with E-state index in [0.29, 0.717) is 31.0 Å². The third kappa shape index (κ3) is 2.38. The second-order valence-electron chi connectivity index (χ2n) is 6.92. The number of methoxy groups -OCH3 is 2. The lowest BCUT2D eigenvalue weighted by Crippen LogP contribution is -2.45. The molecule has 26 heavy (non-hydrogen) atoms. The number of benzene rings is 1. The Kier molecular flexibility index (Phi) is 3.91. The van der Waals surface area contributed by atoms with Gasteiger partial charge >= 0.3 is 0 Å². The van der Waals surface area contributed by atoms with Gasteiger partial charge in [0, 0.05) is 18.4 Å². The minimum absolute atomic E-state index is 0.175. The minimum atomic E-state index is -1.22. The molecule has 0 saturated carbocycles. The molecule has 4 atom stereocenters. The van der Waals surface area contributed by atoms with Crippen molar-refractivity contribution < 1.29 is 28.9 Å². The summed E-state index contributed by atoms with van der Waals surface area (Å²) in [6.07, 6.45) is 3.65. The van der Waals surface area contributed by atoms with Gasteiger partial charge in [0.2, 0.25) is 5.91 Å². The number of ether oxygens (including phenoxy) is 3. The number of hydrogen-bond donors (Lipinski definition) is 0. The summed E-state index contributed by atoms with van der Waals surface area (Å²) in [5.74, 6) is -1.70. The summed E-state index contributed by atoms with van der Waals surface area (Å²) in [6, 6.07) is 5.63. The molecular weight excluding hydrogens is 338 g/mol. The first-order valence-electron chi connectivity index (χ1n) is 8.57. The van der Waals surface area contributed by atoms with Gasteiger partial charge < -0.3 is 29.0 Å². The van der Waals surface area contributed by atoms with Crippen molar-refractivity contribution in [2.24, 2.45) is 11.8 Å². The van der Waals surface area contributed by atoms with Gasteiger partial charge in [0.1, 0.15) is 5.60 Å². The fraction of sp³-hybridized carbons (Fsp3) is 0.474. The molecule has 138 valence electrons. The molecule has 4 rings (SSSR count). The van der Waals surface area contributed by atoms with Gasteiger partial charge in [-0.2, -0.15) is 0 Å². The lowest BCUT2D eigenvalue weighted by atomic mass is 9.77. The van der Waals surface area contributed by atoms with Crippen molar-refractivity contribution in [2.45, 2.75) is 18.1 Å². The Labute approximate surface area is 151 Å². The number of carboxylic acids is 1. The Morgan fingerprint density at radius 1 is 1.35 bits per heavy atom. The number of amides is 1.